The molecule has 0 N–H and O–H groups in total. The van der Waals surface area contributed by atoms with Crippen LogP contribution in [-0.2, 0) is 5.88 Å². The van der Waals surface area contributed by atoms with Gasteiger partial charge in [0.2, 0.25) is 0 Å². The summed E-state index contributed by atoms with van der Waals surface area (Å²) in [7, 11) is 4.34. The third kappa shape index (κ3) is 2.99. The topological polar surface area (TPSA) is 19.4 Å². The molecule has 112 valence electrons. The molecule has 1 aliphatic heterocycles. The highest BCUT2D eigenvalue weighted by atomic mass is 35.5. The highest BCUT2D eigenvalue weighted by molar-refractivity contribution is 6.17. The van der Waals surface area contributed by atoms with Gasteiger partial charge < -0.3 is 9.80 Å². The van der Waals surface area contributed by atoms with E-state index in [1.54, 1.807) is 0 Å². The summed E-state index contributed by atoms with van der Waals surface area (Å²) in [5.41, 5.74) is 0.958. The molecule has 0 atom stereocenters. The zero-order valence-electron chi connectivity index (χ0n) is 12.7. The molecule has 0 aliphatic carbocycles. The van der Waals surface area contributed by atoms with Crippen molar-refractivity contribution in [1.82, 2.24) is 9.88 Å². The third-order valence-electron chi connectivity index (χ3n) is 4.40. The lowest BCUT2D eigenvalue weighted by atomic mass is 10.0. The molecule has 3 nitrogen and oxygen atoms in total. The van der Waals surface area contributed by atoms with Crippen molar-refractivity contribution in [3.05, 3.63) is 36.0 Å². The van der Waals surface area contributed by atoms with E-state index in [0.29, 0.717) is 11.9 Å². The van der Waals surface area contributed by atoms with Gasteiger partial charge in [0.25, 0.3) is 0 Å². The lowest BCUT2D eigenvalue weighted by Crippen LogP contribution is -2.42. The lowest BCUT2D eigenvalue weighted by molar-refractivity contribution is 0.249. The molecule has 3 rings (SSSR count). The van der Waals surface area contributed by atoms with Gasteiger partial charge in [-0.25, -0.2) is 4.98 Å². The molecule has 1 saturated heterocycles. The van der Waals surface area contributed by atoms with Gasteiger partial charge in [0.1, 0.15) is 5.82 Å². The number of anilines is 1. The van der Waals surface area contributed by atoms with Crippen molar-refractivity contribution < 1.29 is 0 Å². The molecule has 0 unspecified atom stereocenters. The van der Waals surface area contributed by atoms with Crippen molar-refractivity contribution in [3.63, 3.8) is 0 Å². The maximum absolute atomic E-state index is 6.02. The molecule has 21 heavy (non-hydrogen) atoms. The number of halogens is 1. The van der Waals surface area contributed by atoms with Gasteiger partial charge in [-0.1, -0.05) is 24.3 Å². The van der Waals surface area contributed by atoms with Gasteiger partial charge in [-0.15, -0.1) is 11.6 Å². The molecule has 0 amide bonds. The monoisotopic (exact) mass is 303 g/mol. The summed E-state index contributed by atoms with van der Waals surface area (Å²) in [6.07, 6.45) is 2.38. The summed E-state index contributed by atoms with van der Waals surface area (Å²) in [6.45, 7) is 2.12. The fraction of sp³-hybridized carbons (Fsp3) is 0.471. The van der Waals surface area contributed by atoms with Crippen molar-refractivity contribution in [2.45, 2.75) is 24.8 Å². The Morgan fingerprint density at radius 3 is 2.62 bits per heavy atom. The molecule has 2 heterocycles. The Balaban J connectivity index is 1.93. The van der Waals surface area contributed by atoms with E-state index in [1.807, 2.05) is 0 Å². The summed E-state index contributed by atoms with van der Waals surface area (Å²) in [4.78, 5) is 9.54. The van der Waals surface area contributed by atoms with E-state index >= 15 is 0 Å². The molecule has 0 radical (unpaired) electrons. The Labute approximate surface area is 131 Å². The van der Waals surface area contributed by atoms with Gasteiger partial charge in [0.15, 0.2) is 0 Å². The van der Waals surface area contributed by atoms with E-state index in [9.17, 15) is 0 Å². The minimum atomic E-state index is 0.464. The summed E-state index contributed by atoms with van der Waals surface area (Å²) >= 11 is 6.02. The second-order valence-electron chi connectivity index (χ2n) is 5.97. The summed E-state index contributed by atoms with van der Waals surface area (Å²) in [5.74, 6) is 1.56. The molecule has 1 aromatic heterocycles. The molecule has 1 aromatic carbocycles. The largest absolute Gasteiger partial charge is 0.356 e. The zero-order valence-corrected chi connectivity index (χ0v) is 13.5. The van der Waals surface area contributed by atoms with Crippen molar-refractivity contribution in [1.29, 1.82) is 0 Å². The van der Waals surface area contributed by atoms with Crippen LogP contribution >= 0.6 is 11.6 Å². The second kappa shape index (κ2) is 6.20. The number of aromatic nitrogens is 1. The SMILES string of the molecule is CN(C)C1CCN(c2nc(CCl)cc3ccccc23)CC1. The van der Waals surface area contributed by atoms with Gasteiger partial charge >= 0.3 is 0 Å². The maximum Gasteiger partial charge on any atom is 0.136 e. The van der Waals surface area contributed by atoms with Gasteiger partial charge in [0.05, 0.1) is 11.6 Å². The number of pyridine rings is 1. The van der Waals surface area contributed by atoms with Crippen LogP contribution in [0.15, 0.2) is 30.3 Å². The molecule has 0 saturated carbocycles. The van der Waals surface area contributed by atoms with Crippen molar-refractivity contribution in [2.75, 3.05) is 32.1 Å². The molecule has 0 bridgehead atoms. The Kier molecular flexibility index (Phi) is 4.32. The van der Waals surface area contributed by atoms with Crippen LogP contribution in [0, 0.1) is 0 Å². The fourth-order valence-electron chi connectivity index (χ4n) is 3.14. The van der Waals surface area contributed by atoms with E-state index in [0.717, 1.165) is 24.6 Å². The van der Waals surface area contributed by atoms with E-state index < -0.39 is 0 Å². The van der Waals surface area contributed by atoms with Crippen LogP contribution in [0.25, 0.3) is 10.8 Å². The van der Waals surface area contributed by atoms with Crippen LogP contribution in [0.5, 0.6) is 0 Å². The number of rotatable bonds is 3. The van der Waals surface area contributed by atoms with Crippen molar-refractivity contribution in [3.8, 4) is 0 Å². The Morgan fingerprint density at radius 1 is 1.24 bits per heavy atom. The Hall–Kier alpha value is -1.32. The van der Waals surface area contributed by atoms with Crippen LogP contribution in [-0.4, -0.2) is 43.1 Å². The minimum absolute atomic E-state index is 0.464. The van der Waals surface area contributed by atoms with Gasteiger partial charge in [0, 0.05) is 24.5 Å². The molecule has 0 spiro atoms. The normalized spacial score (nSPS) is 16.9. The standard InChI is InChI=1S/C17H22ClN3/c1-20(2)15-7-9-21(10-8-15)17-16-6-4-3-5-13(16)11-14(12-18)19-17/h3-6,11,15H,7-10,12H2,1-2H3. The fourth-order valence-corrected chi connectivity index (χ4v) is 3.28. The highest BCUT2D eigenvalue weighted by Crippen LogP contribution is 2.29. The number of fused-ring (bicyclic) bond motifs is 1. The minimum Gasteiger partial charge on any atom is -0.356 e. The average molecular weight is 304 g/mol. The number of piperidine rings is 1. The highest BCUT2D eigenvalue weighted by Gasteiger charge is 2.22. The molecular weight excluding hydrogens is 282 g/mol. The first-order valence-corrected chi connectivity index (χ1v) is 8.08. The third-order valence-corrected chi connectivity index (χ3v) is 4.68. The van der Waals surface area contributed by atoms with E-state index in [-0.39, 0.29) is 0 Å². The predicted molar refractivity (Wildman–Crippen MR) is 90.2 cm³/mol. The summed E-state index contributed by atoms with van der Waals surface area (Å²) in [6, 6.07) is 11.2. The van der Waals surface area contributed by atoms with Crippen LogP contribution < -0.4 is 4.90 Å². The summed E-state index contributed by atoms with van der Waals surface area (Å²) in [5, 5.41) is 2.46. The molecule has 2 aromatic rings. The van der Waals surface area contributed by atoms with Gasteiger partial charge in [-0.3, -0.25) is 0 Å². The van der Waals surface area contributed by atoms with Crippen LogP contribution in [0.2, 0.25) is 0 Å². The Morgan fingerprint density at radius 2 is 1.95 bits per heavy atom. The first-order valence-electron chi connectivity index (χ1n) is 7.55. The van der Waals surface area contributed by atoms with Crippen LogP contribution in [0.4, 0.5) is 5.82 Å². The summed E-state index contributed by atoms with van der Waals surface area (Å²) < 4.78 is 0. The molecule has 1 aliphatic rings. The number of nitrogens with zero attached hydrogens (tertiary/aromatic N) is 3. The van der Waals surface area contributed by atoms with E-state index in [4.69, 9.17) is 16.6 Å². The smallest absolute Gasteiger partial charge is 0.136 e. The first-order chi connectivity index (χ1) is 10.2. The lowest BCUT2D eigenvalue weighted by Gasteiger charge is -2.36. The number of hydrogen-bond acceptors (Lipinski definition) is 3. The number of benzene rings is 1. The Bertz CT molecular complexity index is 618. The predicted octanol–water partition coefficient (Wildman–Crippen LogP) is 3.50. The van der Waals surface area contributed by atoms with Gasteiger partial charge in [-0.05, 0) is 38.4 Å². The maximum atomic E-state index is 6.02. The van der Waals surface area contributed by atoms with Crippen molar-refractivity contribution >= 4 is 28.2 Å². The van der Waals surface area contributed by atoms with E-state index in [2.05, 4.69) is 54.2 Å². The van der Waals surface area contributed by atoms with Crippen LogP contribution in [0.1, 0.15) is 18.5 Å². The van der Waals surface area contributed by atoms with Crippen LogP contribution in [0.3, 0.4) is 0 Å². The molecule has 4 heteroatoms. The zero-order chi connectivity index (χ0) is 14.8. The van der Waals surface area contributed by atoms with E-state index in [1.165, 1.54) is 23.6 Å². The number of hydrogen-bond donors (Lipinski definition) is 0. The van der Waals surface area contributed by atoms with Gasteiger partial charge in [-0.2, -0.15) is 0 Å². The number of alkyl halides is 1. The average Bonchev–Trinajstić information content (AvgIpc) is 2.53. The molecule has 1 fully saturated rings. The van der Waals surface area contributed by atoms with Crippen molar-refractivity contribution in [2.24, 2.45) is 0 Å². The molecular formula is C17H22ClN3. The quantitative estimate of drug-likeness (QED) is 0.809. The first kappa shape index (κ1) is 14.6. The second-order valence-corrected chi connectivity index (χ2v) is 6.24.